The second-order valence-electron chi connectivity index (χ2n) is 7.06. The van der Waals surface area contributed by atoms with Crippen LogP contribution in [0, 0.1) is 5.92 Å². The van der Waals surface area contributed by atoms with Crippen LogP contribution in [0.4, 0.5) is 0 Å². The lowest BCUT2D eigenvalue weighted by molar-refractivity contribution is -0.161. The molecule has 0 bridgehead atoms. The van der Waals surface area contributed by atoms with Crippen LogP contribution < -0.4 is 5.32 Å². The first kappa shape index (κ1) is 19.6. The van der Waals surface area contributed by atoms with Gasteiger partial charge in [-0.2, -0.15) is 0 Å². The summed E-state index contributed by atoms with van der Waals surface area (Å²) < 4.78 is 4.97. The molecule has 1 aromatic heterocycles. The average molecular weight is 366 g/mol. The van der Waals surface area contributed by atoms with Crippen molar-refractivity contribution >= 4 is 29.0 Å². The minimum Gasteiger partial charge on any atom is -0.452 e. The Morgan fingerprint density at radius 1 is 1.28 bits per heavy atom. The summed E-state index contributed by atoms with van der Waals surface area (Å²) in [6.07, 6.45) is 7.27. The number of hydrogen-bond donors (Lipinski definition) is 1. The topological polar surface area (TPSA) is 85.4 Å². The zero-order valence-electron chi connectivity index (χ0n) is 15.1. The third-order valence-electron chi connectivity index (χ3n) is 4.45. The molecule has 1 fully saturated rings. The van der Waals surface area contributed by atoms with E-state index in [2.05, 4.69) is 10.3 Å². The fourth-order valence-corrected chi connectivity index (χ4v) is 3.80. The number of nitrogens with one attached hydrogen (secondary N) is 1. The van der Waals surface area contributed by atoms with Crippen LogP contribution in [0.5, 0.6) is 0 Å². The van der Waals surface area contributed by atoms with Crippen LogP contribution in [0.2, 0.25) is 0 Å². The fourth-order valence-electron chi connectivity index (χ4n) is 3.06. The van der Waals surface area contributed by atoms with Gasteiger partial charge in [-0.05, 0) is 26.2 Å². The molecule has 2 rings (SSSR count). The number of carbonyl (C=O) groups is 3. The lowest BCUT2D eigenvalue weighted by Crippen LogP contribution is -2.43. The van der Waals surface area contributed by atoms with Gasteiger partial charge in [-0.25, -0.2) is 4.98 Å². The molecule has 1 amide bonds. The van der Waals surface area contributed by atoms with E-state index >= 15 is 0 Å². The maximum Gasteiger partial charge on any atom is 0.303 e. The second kappa shape index (κ2) is 8.56. The summed E-state index contributed by atoms with van der Waals surface area (Å²) in [5.41, 5.74) is -0.303. The predicted octanol–water partition coefficient (Wildman–Crippen LogP) is 2.91. The lowest BCUT2D eigenvalue weighted by Gasteiger charge is -2.22. The van der Waals surface area contributed by atoms with Gasteiger partial charge in [0, 0.05) is 12.3 Å². The quantitative estimate of drug-likeness (QED) is 0.750. The first-order chi connectivity index (χ1) is 11.8. The van der Waals surface area contributed by atoms with Crippen LogP contribution >= 0.6 is 11.3 Å². The predicted molar refractivity (Wildman–Crippen MR) is 95.6 cm³/mol. The van der Waals surface area contributed by atoms with Crippen molar-refractivity contribution in [3.63, 3.8) is 0 Å². The van der Waals surface area contributed by atoms with Crippen molar-refractivity contribution in [3.8, 4) is 0 Å². The number of nitrogens with zero attached hydrogens (tertiary/aromatic N) is 1. The van der Waals surface area contributed by atoms with E-state index in [0.717, 1.165) is 12.1 Å². The van der Waals surface area contributed by atoms with Gasteiger partial charge in [0.15, 0.2) is 16.4 Å². The van der Waals surface area contributed by atoms with E-state index in [1.165, 1.54) is 64.2 Å². The summed E-state index contributed by atoms with van der Waals surface area (Å²) in [6.45, 7) is 4.07. The van der Waals surface area contributed by atoms with Gasteiger partial charge >= 0.3 is 5.97 Å². The minimum atomic E-state index is -1.26. The van der Waals surface area contributed by atoms with Crippen molar-refractivity contribution in [1.29, 1.82) is 0 Å². The first-order valence-electron chi connectivity index (χ1n) is 8.73. The van der Waals surface area contributed by atoms with Gasteiger partial charge in [0.1, 0.15) is 0 Å². The molecule has 25 heavy (non-hydrogen) atoms. The van der Waals surface area contributed by atoms with E-state index in [1.54, 1.807) is 0 Å². The molecule has 6 nitrogen and oxygen atoms in total. The molecule has 138 valence electrons. The Labute approximate surface area is 152 Å². The normalized spacial score (nSPS) is 15.6. The van der Waals surface area contributed by atoms with Crippen LogP contribution in [0.1, 0.15) is 68.4 Å². The number of amides is 1. The van der Waals surface area contributed by atoms with Crippen molar-refractivity contribution in [3.05, 3.63) is 16.1 Å². The fraction of sp³-hybridized carbons (Fsp3) is 0.667. The molecule has 0 aliphatic heterocycles. The summed E-state index contributed by atoms with van der Waals surface area (Å²) in [4.78, 5) is 39.7. The number of esters is 1. The van der Waals surface area contributed by atoms with Gasteiger partial charge in [0.2, 0.25) is 0 Å². The Kier molecular flexibility index (Phi) is 6.70. The molecule has 1 aliphatic carbocycles. The van der Waals surface area contributed by atoms with Gasteiger partial charge in [0.05, 0.1) is 12.2 Å². The zero-order chi connectivity index (χ0) is 18.4. The van der Waals surface area contributed by atoms with Crippen molar-refractivity contribution in [2.24, 2.45) is 5.92 Å². The van der Waals surface area contributed by atoms with Crippen LogP contribution in [-0.2, 0) is 20.7 Å². The highest BCUT2D eigenvalue weighted by atomic mass is 32.1. The van der Waals surface area contributed by atoms with Crippen molar-refractivity contribution < 1.29 is 19.1 Å². The molecule has 1 N–H and O–H groups in total. The SMILES string of the molecule is CC(=O)OC(C)(C)C(=O)CNC(=O)c1nc(CC2CCCCC2)cs1. The molecule has 0 unspecified atom stereocenters. The highest BCUT2D eigenvalue weighted by Crippen LogP contribution is 2.27. The standard InChI is InChI=1S/C18H26N2O4S/c1-12(21)24-18(2,3)15(22)10-19-16(23)17-20-14(11-25-17)9-13-7-5-4-6-8-13/h11,13H,4-10H2,1-3H3,(H,19,23). The highest BCUT2D eigenvalue weighted by molar-refractivity contribution is 7.11. The highest BCUT2D eigenvalue weighted by Gasteiger charge is 2.31. The Hall–Kier alpha value is -1.76. The molecule has 0 aromatic carbocycles. The van der Waals surface area contributed by atoms with Crippen LogP contribution in [0.3, 0.4) is 0 Å². The van der Waals surface area contributed by atoms with E-state index in [9.17, 15) is 14.4 Å². The maximum absolute atomic E-state index is 12.2. The minimum absolute atomic E-state index is 0.198. The van der Waals surface area contributed by atoms with E-state index < -0.39 is 11.6 Å². The molecule has 0 atom stereocenters. The van der Waals surface area contributed by atoms with Gasteiger partial charge in [-0.1, -0.05) is 32.1 Å². The number of thiazole rings is 1. The third kappa shape index (κ3) is 5.92. The van der Waals surface area contributed by atoms with Crippen LogP contribution in [0.25, 0.3) is 0 Å². The monoisotopic (exact) mass is 366 g/mol. The maximum atomic E-state index is 12.2. The third-order valence-corrected chi connectivity index (χ3v) is 5.34. The summed E-state index contributed by atoms with van der Waals surface area (Å²) in [5.74, 6) is -0.600. The van der Waals surface area contributed by atoms with E-state index in [1.807, 2.05) is 5.38 Å². The number of Topliss-reactive ketones (excluding diaryl/α,β-unsaturated/α-hetero) is 1. The molecule has 1 aromatic rings. The Balaban J connectivity index is 1.84. The number of ether oxygens (including phenoxy) is 1. The number of ketones is 1. The Morgan fingerprint density at radius 2 is 1.96 bits per heavy atom. The Morgan fingerprint density at radius 3 is 2.60 bits per heavy atom. The van der Waals surface area contributed by atoms with Crippen LogP contribution in [-0.4, -0.2) is 34.8 Å². The number of aromatic nitrogens is 1. The molecule has 1 saturated carbocycles. The molecule has 0 spiro atoms. The zero-order valence-corrected chi connectivity index (χ0v) is 15.9. The van der Waals surface area contributed by atoms with E-state index in [0.29, 0.717) is 10.9 Å². The summed E-state index contributed by atoms with van der Waals surface area (Å²) in [7, 11) is 0. The van der Waals surface area contributed by atoms with Gasteiger partial charge in [-0.3, -0.25) is 14.4 Å². The lowest BCUT2D eigenvalue weighted by atomic mass is 9.86. The number of rotatable bonds is 7. The summed E-state index contributed by atoms with van der Waals surface area (Å²) >= 11 is 1.30. The number of carbonyl (C=O) groups excluding carboxylic acids is 3. The van der Waals surface area contributed by atoms with Crippen molar-refractivity contribution in [2.45, 2.75) is 64.9 Å². The largest absolute Gasteiger partial charge is 0.452 e. The van der Waals surface area contributed by atoms with Crippen LogP contribution in [0.15, 0.2) is 5.38 Å². The molecule has 1 heterocycles. The first-order valence-corrected chi connectivity index (χ1v) is 9.61. The number of hydrogen-bond acceptors (Lipinski definition) is 6. The molecule has 0 saturated heterocycles. The molecular formula is C18H26N2O4S. The summed E-state index contributed by atoms with van der Waals surface area (Å²) in [6, 6.07) is 0. The Bertz CT molecular complexity index is 633. The molecule has 1 aliphatic rings. The molecule has 0 radical (unpaired) electrons. The molecular weight excluding hydrogens is 340 g/mol. The second-order valence-corrected chi connectivity index (χ2v) is 7.92. The van der Waals surface area contributed by atoms with Gasteiger partial charge in [0.25, 0.3) is 5.91 Å². The van der Waals surface area contributed by atoms with Crippen molar-refractivity contribution in [1.82, 2.24) is 10.3 Å². The molecule has 7 heteroatoms. The van der Waals surface area contributed by atoms with Gasteiger partial charge in [-0.15, -0.1) is 11.3 Å². The summed E-state index contributed by atoms with van der Waals surface area (Å²) in [5, 5.41) is 4.85. The van der Waals surface area contributed by atoms with Crippen molar-refractivity contribution in [2.75, 3.05) is 6.54 Å². The van der Waals surface area contributed by atoms with Gasteiger partial charge < -0.3 is 10.1 Å². The van der Waals surface area contributed by atoms with E-state index in [-0.39, 0.29) is 18.2 Å². The van der Waals surface area contributed by atoms with E-state index in [4.69, 9.17) is 4.74 Å². The average Bonchev–Trinajstić information content (AvgIpc) is 3.00. The smallest absolute Gasteiger partial charge is 0.303 e.